The molecule has 2 aromatic rings. The summed E-state index contributed by atoms with van der Waals surface area (Å²) < 4.78 is 1.87. The number of hydrogen-bond acceptors (Lipinski definition) is 4. The normalized spacial score (nSPS) is 19.9. The van der Waals surface area contributed by atoms with E-state index in [0.717, 1.165) is 11.4 Å². The van der Waals surface area contributed by atoms with Gasteiger partial charge in [-0.05, 0) is 39.3 Å². The minimum Gasteiger partial charge on any atom is -0.354 e. The molecule has 0 aliphatic carbocycles. The van der Waals surface area contributed by atoms with Crippen molar-refractivity contribution in [1.29, 1.82) is 0 Å². The Balaban J connectivity index is 1.61. The van der Waals surface area contributed by atoms with Crippen LogP contribution in [0.15, 0.2) is 30.3 Å². The molecule has 162 valence electrons. The number of benzene rings is 1. The molecule has 0 bridgehead atoms. The van der Waals surface area contributed by atoms with Crippen LogP contribution in [0.5, 0.6) is 0 Å². The monoisotopic (exact) mass is 411 g/mol. The quantitative estimate of drug-likeness (QED) is 0.757. The van der Waals surface area contributed by atoms with Crippen LogP contribution in [0.2, 0.25) is 0 Å². The van der Waals surface area contributed by atoms with Gasteiger partial charge in [-0.15, -0.1) is 0 Å². The van der Waals surface area contributed by atoms with Crippen molar-refractivity contribution >= 4 is 11.8 Å². The molecule has 1 fully saturated rings. The zero-order valence-electron chi connectivity index (χ0n) is 18.7. The fourth-order valence-corrected chi connectivity index (χ4v) is 4.19. The van der Waals surface area contributed by atoms with E-state index in [1.54, 1.807) is 4.90 Å². The molecule has 0 radical (unpaired) electrons. The van der Waals surface area contributed by atoms with Crippen LogP contribution in [-0.2, 0) is 22.7 Å². The number of carbonyl (C=O) groups is 2. The number of carbonyl (C=O) groups excluding carboxylic acids is 2. The van der Waals surface area contributed by atoms with Crippen LogP contribution in [0, 0.1) is 20.8 Å². The van der Waals surface area contributed by atoms with Gasteiger partial charge in [0.2, 0.25) is 11.8 Å². The topological polar surface area (TPSA) is 70.5 Å². The van der Waals surface area contributed by atoms with E-state index in [1.807, 2.05) is 44.6 Å². The summed E-state index contributed by atoms with van der Waals surface area (Å²) in [5.41, 5.74) is 4.41. The summed E-state index contributed by atoms with van der Waals surface area (Å²) in [4.78, 5) is 29.0. The van der Waals surface area contributed by atoms with Gasteiger partial charge in [-0.2, -0.15) is 5.10 Å². The Kier molecular flexibility index (Phi) is 6.92. The molecule has 3 rings (SSSR count). The second kappa shape index (κ2) is 9.43. The molecule has 2 amide bonds. The number of hydrogen-bond donors (Lipinski definition) is 1. The van der Waals surface area contributed by atoms with Crippen LogP contribution < -0.4 is 5.32 Å². The predicted octanol–water partition coefficient (Wildman–Crippen LogP) is 2.05. The van der Waals surface area contributed by atoms with E-state index in [1.165, 1.54) is 11.1 Å². The number of likely N-dealkylation sites (N-methyl/N-ethyl adjacent to an activating group) is 1. The van der Waals surface area contributed by atoms with Crippen molar-refractivity contribution in [2.75, 3.05) is 20.1 Å². The van der Waals surface area contributed by atoms with Crippen LogP contribution in [0.4, 0.5) is 0 Å². The maximum Gasteiger partial charge on any atom is 0.239 e. The highest BCUT2D eigenvalue weighted by Crippen LogP contribution is 2.20. The molecule has 0 unspecified atom stereocenters. The summed E-state index contributed by atoms with van der Waals surface area (Å²) in [7, 11) is 1.83. The van der Waals surface area contributed by atoms with E-state index in [9.17, 15) is 9.59 Å². The van der Waals surface area contributed by atoms with Gasteiger partial charge in [0, 0.05) is 51.4 Å². The van der Waals surface area contributed by atoms with E-state index < -0.39 is 0 Å². The average Bonchev–Trinajstić information content (AvgIpc) is 3.02. The molecule has 7 heteroatoms. The average molecular weight is 412 g/mol. The summed E-state index contributed by atoms with van der Waals surface area (Å²) in [5, 5.41) is 7.48. The molecule has 1 saturated heterocycles. The van der Waals surface area contributed by atoms with Crippen LogP contribution in [0.3, 0.4) is 0 Å². The highest BCUT2D eigenvalue weighted by Gasteiger charge is 2.36. The Morgan fingerprint density at radius 1 is 1.23 bits per heavy atom. The Hall–Kier alpha value is -2.67. The number of amides is 2. The van der Waals surface area contributed by atoms with Gasteiger partial charge in [0.05, 0.1) is 11.7 Å². The van der Waals surface area contributed by atoms with Gasteiger partial charge in [-0.3, -0.25) is 19.2 Å². The molecule has 1 aromatic carbocycles. The van der Waals surface area contributed by atoms with E-state index in [4.69, 9.17) is 0 Å². The van der Waals surface area contributed by atoms with Crippen molar-refractivity contribution in [2.45, 2.75) is 59.3 Å². The zero-order chi connectivity index (χ0) is 21.8. The fraction of sp³-hybridized carbons (Fsp3) is 0.522. The second-order valence-electron chi connectivity index (χ2n) is 8.41. The molecule has 0 saturated carbocycles. The number of nitrogens with one attached hydrogen (secondary N) is 1. The summed E-state index contributed by atoms with van der Waals surface area (Å²) in [6.07, 6.45) is 0.386. The summed E-state index contributed by atoms with van der Waals surface area (Å²) >= 11 is 0. The Morgan fingerprint density at radius 2 is 2.00 bits per heavy atom. The van der Waals surface area contributed by atoms with Crippen molar-refractivity contribution in [1.82, 2.24) is 24.9 Å². The second-order valence-corrected chi connectivity index (χ2v) is 8.41. The SMILES string of the molecule is Cc1cccc(CN2[C@H](CNC(=O)CCn3nc(C)cc3C)CN(C)C(=O)[C@@H]2C)c1. The van der Waals surface area contributed by atoms with E-state index in [2.05, 4.69) is 40.4 Å². The summed E-state index contributed by atoms with van der Waals surface area (Å²) in [6.45, 7) is 10.4. The highest BCUT2D eigenvalue weighted by atomic mass is 16.2. The molecule has 1 aromatic heterocycles. The lowest BCUT2D eigenvalue weighted by Gasteiger charge is -2.44. The van der Waals surface area contributed by atoms with Gasteiger partial charge in [0.1, 0.15) is 0 Å². The van der Waals surface area contributed by atoms with Gasteiger partial charge < -0.3 is 10.2 Å². The Labute approximate surface area is 179 Å². The van der Waals surface area contributed by atoms with E-state index in [0.29, 0.717) is 32.6 Å². The smallest absolute Gasteiger partial charge is 0.239 e. The van der Waals surface area contributed by atoms with Crippen molar-refractivity contribution in [3.8, 4) is 0 Å². The standard InChI is InChI=1S/C23H33N5O2/c1-16-7-6-8-20(11-16)14-27-19(4)23(30)26(5)15-21(27)13-24-22(29)9-10-28-18(3)12-17(2)25-28/h6-8,11-12,19,21H,9-10,13-15H2,1-5H3,(H,24,29)/t19-,21+/m0/s1. The molecule has 30 heavy (non-hydrogen) atoms. The number of nitrogens with zero attached hydrogens (tertiary/aromatic N) is 4. The lowest BCUT2D eigenvalue weighted by molar-refractivity contribution is -0.143. The molecule has 7 nitrogen and oxygen atoms in total. The highest BCUT2D eigenvalue weighted by molar-refractivity contribution is 5.82. The summed E-state index contributed by atoms with van der Waals surface area (Å²) in [6, 6.07) is 10.2. The Morgan fingerprint density at radius 3 is 2.67 bits per heavy atom. The van der Waals surface area contributed by atoms with Crippen molar-refractivity contribution in [3.05, 3.63) is 52.8 Å². The fourth-order valence-electron chi connectivity index (χ4n) is 4.19. The summed E-state index contributed by atoms with van der Waals surface area (Å²) in [5.74, 6) is 0.125. The van der Waals surface area contributed by atoms with Crippen LogP contribution in [0.25, 0.3) is 0 Å². The third-order valence-corrected chi connectivity index (χ3v) is 5.82. The van der Waals surface area contributed by atoms with Gasteiger partial charge in [0.15, 0.2) is 0 Å². The first-order chi connectivity index (χ1) is 14.2. The lowest BCUT2D eigenvalue weighted by atomic mass is 10.0. The minimum absolute atomic E-state index is 0.00487. The third kappa shape index (κ3) is 5.27. The van der Waals surface area contributed by atoms with E-state index >= 15 is 0 Å². The molecule has 2 atom stereocenters. The Bertz CT molecular complexity index is 907. The van der Waals surface area contributed by atoms with Crippen molar-refractivity contribution < 1.29 is 9.59 Å². The molecule has 2 heterocycles. The number of aryl methyl sites for hydroxylation is 4. The largest absolute Gasteiger partial charge is 0.354 e. The van der Waals surface area contributed by atoms with Gasteiger partial charge in [-0.1, -0.05) is 29.8 Å². The number of piperazine rings is 1. The minimum atomic E-state index is -0.221. The molecule has 0 spiro atoms. The predicted molar refractivity (Wildman–Crippen MR) is 117 cm³/mol. The molecular weight excluding hydrogens is 378 g/mol. The van der Waals surface area contributed by atoms with Crippen LogP contribution >= 0.6 is 0 Å². The molecule has 1 aliphatic rings. The lowest BCUT2D eigenvalue weighted by Crippen LogP contribution is -2.62. The molecule has 1 N–H and O–H groups in total. The number of rotatable bonds is 7. The zero-order valence-corrected chi connectivity index (χ0v) is 18.7. The van der Waals surface area contributed by atoms with Gasteiger partial charge >= 0.3 is 0 Å². The first-order valence-corrected chi connectivity index (χ1v) is 10.6. The van der Waals surface area contributed by atoms with Crippen molar-refractivity contribution in [2.24, 2.45) is 0 Å². The number of aromatic nitrogens is 2. The maximum absolute atomic E-state index is 12.6. The third-order valence-electron chi connectivity index (χ3n) is 5.82. The molecular formula is C23H33N5O2. The maximum atomic E-state index is 12.6. The first kappa shape index (κ1) is 22.0. The van der Waals surface area contributed by atoms with Gasteiger partial charge in [-0.25, -0.2) is 0 Å². The van der Waals surface area contributed by atoms with Crippen LogP contribution in [0.1, 0.15) is 35.9 Å². The van der Waals surface area contributed by atoms with Crippen LogP contribution in [-0.4, -0.2) is 63.6 Å². The molecule has 1 aliphatic heterocycles. The first-order valence-electron chi connectivity index (χ1n) is 10.6. The van der Waals surface area contributed by atoms with Gasteiger partial charge in [0.25, 0.3) is 0 Å². The van der Waals surface area contributed by atoms with E-state index in [-0.39, 0.29) is 23.9 Å². The van der Waals surface area contributed by atoms with Crippen molar-refractivity contribution in [3.63, 3.8) is 0 Å².